The van der Waals surface area contributed by atoms with Crippen LogP contribution in [-0.4, -0.2) is 23.4 Å². The van der Waals surface area contributed by atoms with Crippen LogP contribution in [0.3, 0.4) is 0 Å². The minimum absolute atomic E-state index is 0. The standard InChI is InChI=1S/C16H24N2O.ClH/c1-2-18(15-6-4-3-5-7-15)16(19)14-10-8-13(12-17)9-11-14;/h8-11,15H,2-7,12,17H2,1H3;1H. The highest BCUT2D eigenvalue weighted by atomic mass is 35.5. The second-order valence-electron chi connectivity index (χ2n) is 5.28. The monoisotopic (exact) mass is 296 g/mol. The van der Waals surface area contributed by atoms with E-state index in [-0.39, 0.29) is 18.3 Å². The number of nitrogens with zero attached hydrogens (tertiary/aromatic N) is 1. The van der Waals surface area contributed by atoms with Gasteiger partial charge in [-0.05, 0) is 37.5 Å². The van der Waals surface area contributed by atoms with Crippen molar-refractivity contribution in [2.24, 2.45) is 5.73 Å². The maximum atomic E-state index is 12.6. The average molecular weight is 297 g/mol. The second kappa shape index (κ2) is 8.28. The zero-order valence-corrected chi connectivity index (χ0v) is 13.0. The van der Waals surface area contributed by atoms with E-state index in [1.54, 1.807) is 0 Å². The van der Waals surface area contributed by atoms with Gasteiger partial charge in [-0.15, -0.1) is 12.4 Å². The minimum Gasteiger partial charge on any atom is -0.336 e. The van der Waals surface area contributed by atoms with E-state index < -0.39 is 0 Å². The van der Waals surface area contributed by atoms with Gasteiger partial charge in [0.25, 0.3) is 5.91 Å². The highest BCUT2D eigenvalue weighted by molar-refractivity contribution is 5.94. The molecule has 1 aromatic carbocycles. The molecule has 2 rings (SSSR count). The molecule has 1 aliphatic rings. The Bertz CT molecular complexity index is 413. The van der Waals surface area contributed by atoms with E-state index in [4.69, 9.17) is 5.73 Å². The lowest BCUT2D eigenvalue weighted by atomic mass is 9.93. The van der Waals surface area contributed by atoms with Crippen LogP contribution >= 0.6 is 12.4 Å². The molecule has 0 spiro atoms. The van der Waals surface area contributed by atoms with Crippen molar-refractivity contribution in [1.82, 2.24) is 4.90 Å². The van der Waals surface area contributed by atoms with Crippen molar-refractivity contribution in [2.75, 3.05) is 6.54 Å². The summed E-state index contributed by atoms with van der Waals surface area (Å²) >= 11 is 0. The number of nitrogens with two attached hydrogens (primary N) is 1. The lowest BCUT2D eigenvalue weighted by Crippen LogP contribution is -2.41. The van der Waals surface area contributed by atoms with Crippen LogP contribution in [0.4, 0.5) is 0 Å². The summed E-state index contributed by atoms with van der Waals surface area (Å²) in [7, 11) is 0. The van der Waals surface area contributed by atoms with Crippen LogP contribution in [0.25, 0.3) is 0 Å². The first-order valence-electron chi connectivity index (χ1n) is 7.36. The van der Waals surface area contributed by atoms with Crippen molar-refractivity contribution in [1.29, 1.82) is 0 Å². The van der Waals surface area contributed by atoms with Crippen LogP contribution in [0.15, 0.2) is 24.3 Å². The normalized spacial score (nSPS) is 15.5. The van der Waals surface area contributed by atoms with Gasteiger partial charge in [0.1, 0.15) is 0 Å². The largest absolute Gasteiger partial charge is 0.336 e. The van der Waals surface area contributed by atoms with E-state index in [0.717, 1.165) is 30.5 Å². The third-order valence-electron chi connectivity index (χ3n) is 4.05. The summed E-state index contributed by atoms with van der Waals surface area (Å²) in [5.41, 5.74) is 7.43. The number of amides is 1. The summed E-state index contributed by atoms with van der Waals surface area (Å²) in [6, 6.07) is 8.12. The summed E-state index contributed by atoms with van der Waals surface area (Å²) in [6.07, 6.45) is 6.12. The molecule has 0 unspecified atom stereocenters. The summed E-state index contributed by atoms with van der Waals surface area (Å²) in [5, 5.41) is 0. The van der Waals surface area contributed by atoms with E-state index in [2.05, 4.69) is 6.92 Å². The first kappa shape index (κ1) is 17.0. The van der Waals surface area contributed by atoms with Gasteiger partial charge in [-0.2, -0.15) is 0 Å². The molecule has 4 heteroatoms. The van der Waals surface area contributed by atoms with Gasteiger partial charge in [0, 0.05) is 24.7 Å². The van der Waals surface area contributed by atoms with Crippen LogP contribution in [0, 0.1) is 0 Å². The minimum atomic E-state index is 0. The first-order chi connectivity index (χ1) is 9.26. The summed E-state index contributed by atoms with van der Waals surface area (Å²) in [5.74, 6) is 0.165. The Hall–Kier alpha value is -1.06. The molecule has 0 aromatic heterocycles. The molecule has 20 heavy (non-hydrogen) atoms. The zero-order chi connectivity index (χ0) is 13.7. The highest BCUT2D eigenvalue weighted by Gasteiger charge is 2.24. The van der Waals surface area contributed by atoms with E-state index >= 15 is 0 Å². The Balaban J connectivity index is 0.00000200. The van der Waals surface area contributed by atoms with Crippen LogP contribution in [0.5, 0.6) is 0 Å². The Morgan fingerprint density at radius 3 is 2.30 bits per heavy atom. The van der Waals surface area contributed by atoms with Gasteiger partial charge in [-0.1, -0.05) is 31.4 Å². The molecule has 0 atom stereocenters. The number of hydrogen-bond acceptors (Lipinski definition) is 2. The Kier molecular flexibility index (Phi) is 7.03. The smallest absolute Gasteiger partial charge is 0.254 e. The van der Waals surface area contributed by atoms with Crippen molar-refractivity contribution in [3.8, 4) is 0 Å². The molecule has 1 fully saturated rings. The molecule has 0 bridgehead atoms. The van der Waals surface area contributed by atoms with Gasteiger partial charge >= 0.3 is 0 Å². The Morgan fingerprint density at radius 2 is 1.80 bits per heavy atom. The zero-order valence-electron chi connectivity index (χ0n) is 12.2. The number of rotatable bonds is 4. The van der Waals surface area contributed by atoms with Crippen LogP contribution < -0.4 is 5.73 Å². The van der Waals surface area contributed by atoms with Crippen LogP contribution in [0.2, 0.25) is 0 Å². The lowest BCUT2D eigenvalue weighted by Gasteiger charge is -2.33. The number of halogens is 1. The molecule has 1 amide bonds. The van der Waals surface area contributed by atoms with E-state index in [1.807, 2.05) is 29.2 Å². The molecule has 0 aliphatic heterocycles. The second-order valence-corrected chi connectivity index (χ2v) is 5.28. The SMILES string of the molecule is CCN(C(=O)c1ccc(CN)cc1)C1CCCCC1.Cl. The van der Waals surface area contributed by atoms with Crippen molar-refractivity contribution in [3.63, 3.8) is 0 Å². The molecule has 1 aliphatic carbocycles. The molecule has 3 nitrogen and oxygen atoms in total. The van der Waals surface area contributed by atoms with Crippen LogP contribution in [-0.2, 0) is 6.54 Å². The Morgan fingerprint density at radius 1 is 1.20 bits per heavy atom. The maximum Gasteiger partial charge on any atom is 0.254 e. The fraction of sp³-hybridized carbons (Fsp3) is 0.562. The fourth-order valence-electron chi connectivity index (χ4n) is 2.91. The molecule has 1 saturated carbocycles. The number of carbonyl (C=O) groups is 1. The van der Waals surface area contributed by atoms with Crippen molar-refractivity contribution >= 4 is 18.3 Å². The number of hydrogen-bond donors (Lipinski definition) is 1. The van der Waals surface area contributed by atoms with Gasteiger partial charge in [-0.25, -0.2) is 0 Å². The quantitative estimate of drug-likeness (QED) is 0.926. The van der Waals surface area contributed by atoms with Gasteiger partial charge < -0.3 is 10.6 Å². The third kappa shape index (κ3) is 3.97. The van der Waals surface area contributed by atoms with Gasteiger partial charge in [0.2, 0.25) is 0 Å². The number of carbonyl (C=O) groups excluding carboxylic acids is 1. The third-order valence-corrected chi connectivity index (χ3v) is 4.05. The van der Waals surface area contributed by atoms with Crippen molar-refractivity contribution in [3.05, 3.63) is 35.4 Å². The lowest BCUT2D eigenvalue weighted by molar-refractivity contribution is 0.0648. The first-order valence-corrected chi connectivity index (χ1v) is 7.36. The topological polar surface area (TPSA) is 46.3 Å². The molecular formula is C16H25ClN2O. The van der Waals surface area contributed by atoms with Gasteiger partial charge in [0.15, 0.2) is 0 Å². The van der Waals surface area contributed by atoms with E-state index in [1.165, 1.54) is 19.3 Å². The fourth-order valence-corrected chi connectivity index (χ4v) is 2.91. The summed E-state index contributed by atoms with van der Waals surface area (Å²) in [4.78, 5) is 14.6. The predicted octanol–water partition coefficient (Wildman–Crippen LogP) is 3.36. The summed E-state index contributed by atoms with van der Waals surface area (Å²) in [6.45, 7) is 3.39. The molecule has 2 N–H and O–H groups in total. The van der Waals surface area contributed by atoms with Gasteiger partial charge in [0.05, 0.1) is 0 Å². The average Bonchev–Trinajstić information content (AvgIpc) is 2.49. The molecule has 0 saturated heterocycles. The highest BCUT2D eigenvalue weighted by Crippen LogP contribution is 2.24. The molecule has 112 valence electrons. The number of benzene rings is 1. The van der Waals surface area contributed by atoms with Crippen LogP contribution in [0.1, 0.15) is 54.9 Å². The molecule has 0 heterocycles. The van der Waals surface area contributed by atoms with E-state index in [0.29, 0.717) is 12.6 Å². The predicted molar refractivity (Wildman–Crippen MR) is 85.2 cm³/mol. The van der Waals surface area contributed by atoms with E-state index in [9.17, 15) is 4.79 Å². The van der Waals surface area contributed by atoms with Crippen molar-refractivity contribution < 1.29 is 4.79 Å². The maximum absolute atomic E-state index is 12.6. The molecular weight excluding hydrogens is 272 g/mol. The van der Waals surface area contributed by atoms with Crippen molar-refractivity contribution in [2.45, 2.75) is 51.6 Å². The summed E-state index contributed by atoms with van der Waals surface area (Å²) < 4.78 is 0. The molecule has 0 radical (unpaired) electrons. The molecule has 1 aromatic rings. The van der Waals surface area contributed by atoms with Gasteiger partial charge in [-0.3, -0.25) is 4.79 Å². The Labute approximate surface area is 127 Å².